The lowest BCUT2D eigenvalue weighted by atomic mass is 10.0. The second-order valence-corrected chi connectivity index (χ2v) is 18.6. The van der Waals surface area contributed by atoms with Crippen molar-refractivity contribution in [3.05, 3.63) is 0 Å². The summed E-state index contributed by atoms with van der Waals surface area (Å²) in [6.07, 6.45) is 49.6. The zero-order valence-corrected chi connectivity index (χ0v) is 40.2. The van der Waals surface area contributed by atoms with Crippen molar-refractivity contribution < 1.29 is 28.6 Å². The summed E-state index contributed by atoms with van der Waals surface area (Å²) in [5.74, 6) is -0.0659. The molecule has 0 fully saturated rings. The maximum atomic E-state index is 12.8. The molecule has 0 unspecified atom stereocenters. The fraction of sp³-hybridized carbons (Fsp3) is 0.943. The molecule has 1 atom stereocenters. The van der Waals surface area contributed by atoms with Gasteiger partial charge >= 0.3 is 17.9 Å². The normalized spacial score (nSPS) is 11.9. The summed E-state index contributed by atoms with van der Waals surface area (Å²) in [4.78, 5) is 37.9. The molecule has 0 N–H and O–H groups in total. The minimum Gasteiger partial charge on any atom is -0.462 e. The van der Waals surface area contributed by atoms with E-state index in [1.807, 2.05) is 0 Å². The molecule has 0 aliphatic carbocycles. The first-order valence-electron chi connectivity index (χ1n) is 26.4. The van der Waals surface area contributed by atoms with Gasteiger partial charge in [-0.2, -0.15) is 0 Å². The van der Waals surface area contributed by atoms with E-state index < -0.39 is 6.10 Å². The largest absolute Gasteiger partial charge is 0.462 e. The summed E-state index contributed by atoms with van der Waals surface area (Å²) in [5.41, 5.74) is 0. The van der Waals surface area contributed by atoms with Crippen LogP contribution in [0.15, 0.2) is 0 Å². The van der Waals surface area contributed by atoms with Gasteiger partial charge in [-0.3, -0.25) is 14.4 Å². The van der Waals surface area contributed by atoms with Gasteiger partial charge in [-0.05, 0) is 25.2 Å². The molecule has 0 aromatic heterocycles. The van der Waals surface area contributed by atoms with E-state index in [9.17, 15) is 14.4 Å². The highest BCUT2D eigenvalue weighted by molar-refractivity contribution is 5.71. The van der Waals surface area contributed by atoms with Crippen molar-refractivity contribution in [1.82, 2.24) is 0 Å². The molecule has 0 aromatic rings. The van der Waals surface area contributed by atoms with Crippen molar-refractivity contribution in [3.8, 4) is 0 Å². The van der Waals surface area contributed by atoms with Crippen molar-refractivity contribution >= 4 is 17.9 Å². The second-order valence-electron chi connectivity index (χ2n) is 18.6. The molecule has 6 heteroatoms. The molecule has 350 valence electrons. The Labute approximate surface area is 368 Å². The zero-order valence-electron chi connectivity index (χ0n) is 40.2. The van der Waals surface area contributed by atoms with Crippen LogP contribution < -0.4 is 0 Å². The van der Waals surface area contributed by atoms with Crippen LogP contribution in [0, 0.1) is 5.92 Å². The highest BCUT2D eigenvalue weighted by atomic mass is 16.6. The molecule has 6 nitrogen and oxygen atoms in total. The van der Waals surface area contributed by atoms with Gasteiger partial charge in [-0.15, -0.1) is 0 Å². The lowest BCUT2D eigenvalue weighted by Gasteiger charge is -2.18. The highest BCUT2D eigenvalue weighted by Gasteiger charge is 2.19. The van der Waals surface area contributed by atoms with E-state index in [2.05, 4.69) is 27.7 Å². The van der Waals surface area contributed by atoms with E-state index in [-0.39, 0.29) is 31.1 Å². The van der Waals surface area contributed by atoms with Crippen molar-refractivity contribution in [1.29, 1.82) is 0 Å². The van der Waals surface area contributed by atoms with Crippen molar-refractivity contribution in [2.75, 3.05) is 13.2 Å². The molecule has 59 heavy (non-hydrogen) atoms. The van der Waals surface area contributed by atoms with Crippen molar-refractivity contribution in [3.63, 3.8) is 0 Å². The molecule has 0 saturated heterocycles. The van der Waals surface area contributed by atoms with Gasteiger partial charge < -0.3 is 14.2 Å². The predicted molar refractivity (Wildman–Crippen MR) is 252 cm³/mol. The van der Waals surface area contributed by atoms with E-state index in [4.69, 9.17) is 14.2 Å². The van der Waals surface area contributed by atoms with E-state index in [1.165, 1.54) is 193 Å². The molecular formula is C53H102O6. The molecule has 0 rings (SSSR count). The van der Waals surface area contributed by atoms with Gasteiger partial charge in [0.1, 0.15) is 13.2 Å². The fourth-order valence-electron chi connectivity index (χ4n) is 8.04. The standard InChI is InChI=1S/C53H102O6/c1-5-7-9-11-13-15-17-19-20-21-22-23-24-25-27-28-32-36-40-44-51(54)57-47-50(48-58-52(55)45-41-37-34-30-31-35-39-43-49(3)4)59-53(56)46-42-38-33-29-26-18-16-14-12-10-8-6-2/h49-50H,5-48H2,1-4H3/t50-/m1/s1. The van der Waals surface area contributed by atoms with Crippen LogP contribution >= 0.6 is 0 Å². The topological polar surface area (TPSA) is 78.9 Å². The van der Waals surface area contributed by atoms with Crippen LogP contribution in [0.3, 0.4) is 0 Å². The van der Waals surface area contributed by atoms with E-state index >= 15 is 0 Å². The molecule has 0 radical (unpaired) electrons. The lowest BCUT2D eigenvalue weighted by molar-refractivity contribution is -0.167. The van der Waals surface area contributed by atoms with Gasteiger partial charge in [0.05, 0.1) is 0 Å². The van der Waals surface area contributed by atoms with Gasteiger partial charge in [-0.25, -0.2) is 0 Å². The molecule has 0 aliphatic heterocycles. The summed E-state index contributed by atoms with van der Waals surface area (Å²) < 4.78 is 16.8. The van der Waals surface area contributed by atoms with Crippen LogP contribution in [0.5, 0.6) is 0 Å². The van der Waals surface area contributed by atoms with Crippen LogP contribution in [-0.4, -0.2) is 37.2 Å². The Hall–Kier alpha value is -1.59. The monoisotopic (exact) mass is 835 g/mol. The molecular weight excluding hydrogens is 733 g/mol. The summed E-state index contributed by atoms with van der Waals surface area (Å²) >= 11 is 0. The maximum Gasteiger partial charge on any atom is 0.306 e. The van der Waals surface area contributed by atoms with E-state index in [0.717, 1.165) is 63.7 Å². The van der Waals surface area contributed by atoms with Crippen LogP contribution in [0.1, 0.15) is 297 Å². The van der Waals surface area contributed by atoms with Gasteiger partial charge in [0, 0.05) is 19.3 Å². The lowest BCUT2D eigenvalue weighted by Crippen LogP contribution is -2.30. The Morgan fingerprint density at radius 1 is 0.322 bits per heavy atom. The quantitative estimate of drug-likeness (QED) is 0.0345. The average molecular weight is 835 g/mol. The Balaban J connectivity index is 4.22. The third-order valence-electron chi connectivity index (χ3n) is 12.0. The number of unbranched alkanes of at least 4 members (excludes halogenated alkanes) is 35. The number of carbonyl (C=O) groups is 3. The van der Waals surface area contributed by atoms with Gasteiger partial charge in [-0.1, -0.05) is 259 Å². The minimum absolute atomic E-state index is 0.0633. The Kier molecular flexibility index (Phi) is 46.2. The molecule has 0 amide bonds. The number of ether oxygens (including phenoxy) is 3. The Morgan fingerprint density at radius 3 is 0.831 bits per heavy atom. The molecule has 0 bridgehead atoms. The summed E-state index contributed by atoms with van der Waals surface area (Å²) in [7, 11) is 0. The van der Waals surface area contributed by atoms with E-state index in [0.29, 0.717) is 19.3 Å². The number of carbonyl (C=O) groups excluding carboxylic acids is 3. The Morgan fingerprint density at radius 2 is 0.559 bits per heavy atom. The molecule has 0 aliphatic rings. The molecule has 0 saturated carbocycles. The first-order chi connectivity index (χ1) is 28.9. The van der Waals surface area contributed by atoms with Gasteiger partial charge in [0.25, 0.3) is 0 Å². The van der Waals surface area contributed by atoms with Crippen molar-refractivity contribution in [2.24, 2.45) is 5.92 Å². The number of hydrogen-bond donors (Lipinski definition) is 0. The third-order valence-corrected chi connectivity index (χ3v) is 12.0. The number of hydrogen-bond acceptors (Lipinski definition) is 6. The predicted octanol–water partition coefficient (Wildman–Crippen LogP) is 17.1. The fourth-order valence-corrected chi connectivity index (χ4v) is 8.04. The smallest absolute Gasteiger partial charge is 0.306 e. The molecule has 0 heterocycles. The first-order valence-corrected chi connectivity index (χ1v) is 26.4. The van der Waals surface area contributed by atoms with Crippen LogP contribution in [0.25, 0.3) is 0 Å². The second kappa shape index (κ2) is 47.5. The first kappa shape index (κ1) is 57.4. The molecule has 0 spiro atoms. The summed E-state index contributed by atoms with van der Waals surface area (Å²) in [6, 6.07) is 0. The number of rotatable bonds is 48. The van der Waals surface area contributed by atoms with Gasteiger partial charge in [0.15, 0.2) is 6.10 Å². The van der Waals surface area contributed by atoms with Crippen LogP contribution in [-0.2, 0) is 28.6 Å². The Bertz CT molecular complexity index is 887. The third kappa shape index (κ3) is 47.3. The summed E-state index contributed by atoms with van der Waals surface area (Å²) in [5, 5.41) is 0. The van der Waals surface area contributed by atoms with Crippen molar-refractivity contribution in [2.45, 2.75) is 303 Å². The average Bonchev–Trinajstić information content (AvgIpc) is 3.22. The zero-order chi connectivity index (χ0) is 43.1. The number of esters is 3. The maximum absolute atomic E-state index is 12.8. The van der Waals surface area contributed by atoms with E-state index in [1.54, 1.807) is 0 Å². The minimum atomic E-state index is -0.760. The van der Waals surface area contributed by atoms with Gasteiger partial charge in [0.2, 0.25) is 0 Å². The molecule has 0 aromatic carbocycles. The highest BCUT2D eigenvalue weighted by Crippen LogP contribution is 2.17. The van der Waals surface area contributed by atoms with Crippen LogP contribution in [0.4, 0.5) is 0 Å². The van der Waals surface area contributed by atoms with Crippen LogP contribution in [0.2, 0.25) is 0 Å². The SMILES string of the molecule is CCCCCCCCCCCCCCCCCCCCCC(=O)OC[C@H](COC(=O)CCCCCCCCCC(C)C)OC(=O)CCCCCCCCCCCCCC. The summed E-state index contributed by atoms with van der Waals surface area (Å²) in [6.45, 7) is 8.98.